The van der Waals surface area contributed by atoms with Crippen molar-refractivity contribution < 1.29 is 23.9 Å². The number of rotatable bonds is 7. The fourth-order valence-electron chi connectivity index (χ4n) is 2.07. The van der Waals surface area contributed by atoms with E-state index < -0.39 is 11.7 Å². The molecule has 0 unspecified atom stereocenters. The summed E-state index contributed by atoms with van der Waals surface area (Å²) in [5, 5.41) is 7.83. The molecule has 0 spiro atoms. The molecule has 0 aliphatic carbocycles. The molecular formula is C17H29N3O5. The quantitative estimate of drug-likeness (QED) is 0.464. The second-order valence-corrected chi connectivity index (χ2v) is 6.76. The molecule has 0 aromatic heterocycles. The average molecular weight is 355 g/mol. The van der Waals surface area contributed by atoms with E-state index in [1.165, 1.54) is 0 Å². The maximum absolute atomic E-state index is 11.7. The van der Waals surface area contributed by atoms with Gasteiger partial charge in [-0.2, -0.15) is 0 Å². The Morgan fingerprint density at radius 1 is 1.08 bits per heavy atom. The van der Waals surface area contributed by atoms with Crippen molar-refractivity contribution in [2.75, 3.05) is 32.8 Å². The summed E-state index contributed by atoms with van der Waals surface area (Å²) in [6.07, 6.45) is 3.21. The molecule has 0 atom stereocenters. The molecule has 1 aliphatic rings. The van der Waals surface area contributed by atoms with Crippen molar-refractivity contribution in [1.82, 2.24) is 16.0 Å². The van der Waals surface area contributed by atoms with Crippen molar-refractivity contribution in [1.29, 1.82) is 0 Å². The standard InChI is InChI=1S/C17H29N3O5/c1-17(2,3)25-16(23)20-12-15(22)19-8-4-7-18-14(21)11-13-5-9-24-10-6-13/h11H,4-10,12H2,1-3H3,(H,18,21)(H,19,22)(H,20,23). The highest BCUT2D eigenvalue weighted by Gasteiger charge is 2.16. The third-order valence-electron chi connectivity index (χ3n) is 3.24. The Labute approximate surface area is 148 Å². The molecule has 1 heterocycles. The van der Waals surface area contributed by atoms with Gasteiger partial charge in [0.1, 0.15) is 5.60 Å². The van der Waals surface area contributed by atoms with Crippen LogP contribution in [0.2, 0.25) is 0 Å². The van der Waals surface area contributed by atoms with Crippen molar-refractivity contribution in [3.63, 3.8) is 0 Å². The van der Waals surface area contributed by atoms with E-state index >= 15 is 0 Å². The highest BCUT2D eigenvalue weighted by molar-refractivity contribution is 5.88. The third kappa shape index (κ3) is 11.1. The van der Waals surface area contributed by atoms with E-state index in [1.807, 2.05) is 0 Å². The Hall–Kier alpha value is -2.09. The van der Waals surface area contributed by atoms with E-state index in [-0.39, 0.29) is 18.4 Å². The molecule has 25 heavy (non-hydrogen) atoms. The van der Waals surface area contributed by atoms with Gasteiger partial charge >= 0.3 is 6.09 Å². The Morgan fingerprint density at radius 2 is 1.72 bits per heavy atom. The number of hydrogen-bond donors (Lipinski definition) is 3. The van der Waals surface area contributed by atoms with Gasteiger partial charge in [-0.1, -0.05) is 5.57 Å². The zero-order valence-electron chi connectivity index (χ0n) is 15.3. The summed E-state index contributed by atoms with van der Waals surface area (Å²) < 4.78 is 10.3. The first-order valence-corrected chi connectivity index (χ1v) is 8.55. The molecule has 1 saturated heterocycles. The molecule has 0 aromatic rings. The molecule has 8 heteroatoms. The van der Waals surface area contributed by atoms with Crippen LogP contribution in [0.25, 0.3) is 0 Å². The molecule has 3 N–H and O–H groups in total. The first-order chi connectivity index (χ1) is 11.8. The van der Waals surface area contributed by atoms with Crippen molar-refractivity contribution in [2.45, 2.75) is 45.6 Å². The molecule has 0 bridgehead atoms. The normalized spacial score (nSPS) is 14.4. The van der Waals surface area contributed by atoms with Crippen LogP contribution in [0.4, 0.5) is 4.79 Å². The zero-order chi connectivity index (χ0) is 18.7. The van der Waals surface area contributed by atoms with Crippen molar-refractivity contribution in [3.05, 3.63) is 11.6 Å². The highest BCUT2D eigenvalue weighted by Crippen LogP contribution is 2.12. The molecule has 1 rings (SSSR count). The summed E-state index contributed by atoms with van der Waals surface area (Å²) in [6, 6.07) is 0. The maximum Gasteiger partial charge on any atom is 0.408 e. The van der Waals surface area contributed by atoms with E-state index in [0.29, 0.717) is 32.7 Å². The molecule has 8 nitrogen and oxygen atoms in total. The summed E-state index contributed by atoms with van der Waals surface area (Å²) in [4.78, 5) is 34.7. The number of nitrogens with one attached hydrogen (secondary N) is 3. The van der Waals surface area contributed by atoms with Gasteiger partial charge in [0.2, 0.25) is 11.8 Å². The van der Waals surface area contributed by atoms with Crippen LogP contribution in [0, 0.1) is 0 Å². The predicted molar refractivity (Wildman–Crippen MR) is 93.0 cm³/mol. The number of hydrogen-bond acceptors (Lipinski definition) is 5. The lowest BCUT2D eigenvalue weighted by atomic mass is 10.1. The van der Waals surface area contributed by atoms with Gasteiger partial charge in [-0.25, -0.2) is 4.79 Å². The van der Waals surface area contributed by atoms with Crippen molar-refractivity contribution in [3.8, 4) is 0 Å². The first kappa shape index (κ1) is 21.0. The van der Waals surface area contributed by atoms with E-state index in [0.717, 1.165) is 18.4 Å². The Bertz CT molecular complexity index is 489. The van der Waals surface area contributed by atoms with Gasteiger partial charge in [0.05, 0.1) is 19.8 Å². The number of amides is 3. The fraction of sp³-hybridized carbons (Fsp3) is 0.706. The van der Waals surface area contributed by atoms with E-state index in [4.69, 9.17) is 9.47 Å². The average Bonchev–Trinajstić information content (AvgIpc) is 2.52. The second kappa shape index (κ2) is 10.7. The predicted octanol–water partition coefficient (Wildman–Crippen LogP) is 0.870. The topological polar surface area (TPSA) is 106 Å². The lowest BCUT2D eigenvalue weighted by Gasteiger charge is -2.19. The highest BCUT2D eigenvalue weighted by atomic mass is 16.6. The largest absolute Gasteiger partial charge is 0.444 e. The number of carbonyl (C=O) groups is 3. The minimum Gasteiger partial charge on any atom is -0.444 e. The van der Waals surface area contributed by atoms with Gasteiger partial charge in [0.25, 0.3) is 0 Å². The molecule has 1 aliphatic heterocycles. The number of alkyl carbamates (subject to hydrolysis) is 1. The van der Waals surface area contributed by atoms with Crippen LogP contribution >= 0.6 is 0 Å². The molecule has 3 amide bonds. The van der Waals surface area contributed by atoms with Crippen LogP contribution in [0.15, 0.2) is 11.6 Å². The van der Waals surface area contributed by atoms with Gasteiger partial charge < -0.3 is 25.4 Å². The van der Waals surface area contributed by atoms with Gasteiger partial charge in [-0.15, -0.1) is 0 Å². The van der Waals surface area contributed by atoms with Crippen LogP contribution in [0.5, 0.6) is 0 Å². The first-order valence-electron chi connectivity index (χ1n) is 8.55. The monoisotopic (exact) mass is 355 g/mol. The maximum atomic E-state index is 11.7. The lowest BCUT2D eigenvalue weighted by molar-refractivity contribution is -0.120. The third-order valence-corrected chi connectivity index (χ3v) is 3.24. The van der Waals surface area contributed by atoms with E-state index in [1.54, 1.807) is 26.8 Å². The SMILES string of the molecule is CC(C)(C)OC(=O)NCC(=O)NCCCNC(=O)C=C1CCOCC1. The molecule has 0 saturated carbocycles. The van der Waals surface area contributed by atoms with Gasteiger partial charge in [-0.05, 0) is 40.0 Å². The lowest BCUT2D eigenvalue weighted by Crippen LogP contribution is -2.40. The number of carbonyl (C=O) groups excluding carboxylic acids is 3. The summed E-state index contributed by atoms with van der Waals surface area (Å²) >= 11 is 0. The molecule has 0 radical (unpaired) electrons. The van der Waals surface area contributed by atoms with Gasteiger partial charge in [0.15, 0.2) is 0 Å². The van der Waals surface area contributed by atoms with Crippen molar-refractivity contribution >= 4 is 17.9 Å². The Kier molecular flexibility index (Phi) is 8.98. The minimum absolute atomic E-state index is 0.116. The Morgan fingerprint density at radius 3 is 2.36 bits per heavy atom. The molecule has 0 aromatic carbocycles. The summed E-state index contributed by atoms with van der Waals surface area (Å²) in [6.45, 7) is 7.33. The smallest absolute Gasteiger partial charge is 0.408 e. The second-order valence-electron chi connectivity index (χ2n) is 6.76. The molecular weight excluding hydrogens is 326 g/mol. The summed E-state index contributed by atoms with van der Waals surface area (Å²) in [5.41, 5.74) is 0.504. The minimum atomic E-state index is -0.629. The van der Waals surface area contributed by atoms with Crippen LogP contribution in [-0.2, 0) is 19.1 Å². The van der Waals surface area contributed by atoms with Crippen molar-refractivity contribution in [2.24, 2.45) is 0 Å². The zero-order valence-corrected chi connectivity index (χ0v) is 15.3. The van der Waals surface area contributed by atoms with Crippen LogP contribution in [0.1, 0.15) is 40.0 Å². The summed E-state index contributed by atoms with van der Waals surface area (Å²) in [5.74, 6) is -0.420. The fourth-order valence-corrected chi connectivity index (χ4v) is 2.07. The van der Waals surface area contributed by atoms with Crippen LogP contribution in [-0.4, -0.2) is 56.4 Å². The number of ether oxygens (including phenoxy) is 2. The molecule has 142 valence electrons. The molecule has 1 fully saturated rings. The van der Waals surface area contributed by atoms with Crippen LogP contribution in [0.3, 0.4) is 0 Å². The summed E-state index contributed by atoms with van der Waals surface area (Å²) in [7, 11) is 0. The van der Waals surface area contributed by atoms with Crippen LogP contribution < -0.4 is 16.0 Å². The van der Waals surface area contributed by atoms with Gasteiger partial charge in [-0.3, -0.25) is 9.59 Å². The Balaban J connectivity index is 2.06. The van der Waals surface area contributed by atoms with Gasteiger partial charge in [0, 0.05) is 19.2 Å². The van der Waals surface area contributed by atoms with E-state index in [2.05, 4.69) is 16.0 Å². The van der Waals surface area contributed by atoms with E-state index in [9.17, 15) is 14.4 Å².